The lowest BCUT2D eigenvalue weighted by Gasteiger charge is -2.20. The van der Waals surface area contributed by atoms with Gasteiger partial charge in [0.15, 0.2) is 0 Å². The number of amides is 1. The van der Waals surface area contributed by atoms with E-state index in [2.05, 4.69) is 9.85 Å². The van der Waals surface area contributed by atoms with Crippen LogP contribution in [0.15, 0.2) is 24.4 Å². The van der Waals surface area contributed by atoms with E-state index < -0.39 is 11.4 Å². The van der Waals surface area contributed by atoms with Gasteiger partial charge in [-0.25, -0.2) is 9.17 Å². The summed E-state index contributed by atoms with van der Waals surface area (Å²) in [5, 5.41) is 0. The van der Waals surface area contributed by atoms with Crippen LogP contribution in [0.2, 0.25) is 0 Å². The average Bonchev–Trinajstić information content (AvgIpc) is 2.99. The molecule has 6 nitrogen and oxygen atoms in total. The zero-order valence-electron chi connectivity index (χ0n) is 13.0. The molecule has 1 aliphatic rings. The van der Waals surface area contributed by atoms with E-state index in [1.165, 1.54) is 11.5 Å². The van der Waals surface area contributed by atoms with E-state index in [1.807, 2.05) is 6.07 Å². The van der Waals surface area contributed by atoms with Crippen molar-refractivity contribution in [2.24, 2.45) is 5.41 Å². The van der Waals surface area contributed by atoms with Crippen molar-refractivity contribution in [3.05, 3.63) is 35.5 Å². The number of carbonyl (C=O) groups excluding carboxylic acids is 2. The first-order valence-corrected chi connectivity index (χ1v) is 7.86. The highest BCUT2D eigenvalue weighted by atomic mass is 32.1. The molecule has 7 heteroatoms. The Kier molecular flexibility index (Phi) is 3.81. The first-order chi connectivity index (χ1) is 10.9. The summed E-state index contributed by atoms with van der Waals surface area (Å²) in [5.41, 5.74) is 3.62. The lowest BCUT2D eigenvalue weighted by Crippen LogP contribution is -2.36. The average molecular weight is 332 g/mol. The van der Waals surface area contributed by atoms with Gasteiger partial charge in [0, 0.05) is 22.7 Å². The fraction of sp³-hybridized carbons (Fsp3) is 0.312. The monoisotopic (exact) mass is 332 g/mol. The van der Waals surface area contributed by atoms with E-state index in [1.54, 1.807) is 39.1 Å². The van der Waals surface area contributed by atoms with Crippen molar-refractivity contribution in [1.82, 2.24) is 9.85 Å². The molecule has 0 spiro atoms. The maximum absolute atomic E-state index is 12.3. The third kappa shape index (κ3) is 2.92. The molecule has 0 atom stereocenters. The van der Waals surface area contributed by atoms with Crippen molar-refractivity contribution in [3.8, 4) is 16.2 Å². The van der Waals surface area contributed by atoms with Gasteiger partial charge in [-0.2, -0.15) is 5.48 Å². The molecule has 1 amide bonds. The van der Waals surface area contributed by atoms with Crippen molar-refractivity contribution in [2.75, 3.05) is 0 Å². The molecule has 1 aromatic carbocycles. The van der Waals surface area contributed by atoms with Gasteiger partial charge in [-0.15, -0.1) is 0 Å². The Morgan fingerprint density at radius 3 is 2.87 bits per heavy atom. The van der Waals surface area contributed by atoms with Crippen LogP contribution in [0.25, 0.3) is 10.4 Å². The molecule has 120 valence electrons. The standard InChI is InChI=1S/C16H16N2O4S/c1-16(2,3)15(20)18-22-14(19)11-6-4-5-10-12(11)21-8-9-7-17-23-13(9)10/h4-7H,8H2,1-3H3,(H,18,20). The highest BCUT2D eigenvalue weighted by molar-refractivity contribution is 7.09. The van der Waals surface area contributed by atoms with Gasteiger partial charge in [-0.3, -0.25) is 4.79 Å². The Balaban J connectivity index is 1.84. The summed E-state index contributed by atoms with van der Waals surface area (Å²) < 4.78 is 9.84. The van der Waals surface area contributed by atoms with Crippen LogP contribution in [0.1, 0.15) is 36.7 Å². The molecule has 0 bridgehead atoms. The molecule has 2 aromatic rings. The van der Waals surface area contributed by atoms with Crippen molar-refractivity contribution in [1.29, 1.82) is 0 Å². The fourth-order valence-electron chi connectivity index (χ4n) is 2.07. The number of benzene rings is 1. The third-order valence-corrected chi connectivity index (χ3v) is 4.29. The predicted octanol–water partition coefficient (Wildman–Crippen LogP) is 2.94. The number of hydroxylamine groups is 1. The molecular weight excluding hydrogens is 316 g/mol. The second-order valence-electron chi connectivity index (χ2n) is 6.22. The summed E-state index contributed by atoms with van der Waals surface area (Å²) >= 11 is 1.36. The Morgan fingerprint density at radius 1 is 1.35 bits per heavy atom. The number of aromatic nitrogens is 1. The number of rotatable bonds is 1. The van der Waals surface area contributed by atoms with Crippen LogP contribution < -0.4 is 10.2 Å². The maximum atomic E-state index is 12.3. The third-order valence-electron chi connectivity index (χ3n) is 3.41. The second-order valence-corrected chi connectivity index (χ2v) is 7.02. The number of carbonyl (C=O) groups is 2. The minimum absolute atomic E-state index is 0.274. The Bertz CT molecular complexity index is 777. The minimum atomic E-state index is -0.660. The van der Waals surface area contributed by atoms with Crippen LogP contribution in [0, 0.1) is 5.41 Å². The molecule has 0 unspecified atom stereocenters. The number of nitrogens with zero attached hydrogens (tertiary/aromatic N) is 1. The molecule has 0 aliphatic carbocycles. The topological polar surface area (TPSA) is 77.5 Å². The highest BCUT2D eigenvalue weighted by Crippen LogP contribution is 2.41. The summed E-state index contributed by atoms with van der Waals surface area (Å²) in [6, 6.07) is 5.23. The molecular formula is C16H16N2O4S. The molecule has 1 N–H and O–H groups in total. The van der Waals surface area contributed by atoms with Gasteiger partial charge in [0.25, 0.3) is 5.91 Å². The van der Waals surface area contributed by atoms with E-state index in [0.29, 0.717) is 12.4 Å². The lowest BCUT2D eigenvalue weighted by molar-refractivity contribution is -0.137. The van der Waals surface area contributed by atoms with Gasteiger partial charge < -0.3 is 9.57 Å². The Hall–Kier alpha value is -2.41. The first-order valence-electron chi connectivity index (χ1n) is 7.09. The molecule has 0 fully saturated rings. The van der Waals surface area contributed by atoms with Gasteiger partial charge >= 0.3 is 5.97 Å². The van der Waals surface area contributed by atoms with Gasteiger partial charge in [-0.1, -0.05) is 26.8 Å². The molecule has 0 radical (unpaired) electrons. The fourth-order valence-corrected chi connectivity index (χ4v) is 2.84. The van der Waals surface area contributed by atoms with Crippen molar-refractivity contribution in [3.63, 3.8) is 0 Å². The highest BCUT2D eigenvalue weighted by Gasteiger charge is 2.27. The maximum Gasteiger partial charge on any atom is 0.366 e. The summed E-state index contributed by atoms with van der Waals surface area (Å²) in [6.45, 7) is 5.55. The minimum Gasteiger partial charge on any atom is -0.487 e. The van der Waals surface area contributed by atoms with Crippen molar-refractivity contribution >= 4 is 23.4 Å². The van der Waals surface area contributed by atoms with Gasteiger partial charge in [0.1, 0.15) is 17.9 Å². The van der Waals surface area contributed by atoms with Crippen LogP contribution in [0.5, 0.6) is 5.75 Å². The largest absolute Gasteiger partial charge is 0.487 e. The normalized spacial score (nSPS) is 12.7. The zero-order valence-corrected chi connectivity index (χ0v) is 13.8. The number of hydrogen-bond donors (Lipinski definition) is 1. The number of nitrogens with one attached hydrogen (secondary N) is 1. The lowest BCUT2D eigenvalue weighted by atomic mass is 9.96. The molecule has 0 saturated heterocycles. The molecule has 23 heavy (non-hydrogen) atoms. The summed E-state index contributed by atoms with van der Waals surface area (Å²) in [7, 11) is 0. The smallest absolute Gasteiger partial charge is 0.366 e. The molecule has 2 heterocycles. The second kappa shape index (κ2) is 5.66. The predicted molar refractivity (Wildman–Crippen MR) is 84.9 cm³/mol. The van der Waals surface area contributed by atoms with Crippen LogP contribution >= 0.6 is 11.5 Å². The van der Waals surface area contributed by atoms with Crippen molar-refractivity contribution in [2.45, 2.75) is 27.4 Å². The van der Waals surface area contributed by atoms with Crippen LogP contribution in [-0.4, -0.2) is 16.3 Å². The van der Waals surface area contributed by atoms with E-state index in [4.69, 9.17) is 9.57 Å². The molecule has 1 aliphatic heterocycles. The molecule has 1 aromatic heterocycles. The summed E-state index contributed by atoms with van der Waals surface area (Å²) in [6.07, 6.45) is 1.76. The SMILES string of the molecule is CC(C)(C)C(=O)NOC(=O)c1cccc2c1OCc1cnsc1-2. The van der Waals surface area contributed by atoms with Crippen molar-refractivity contribution < 1.29 is 19.2 Å². The van der Waals surface area contributed by atoms with Gasteiger partial charge in [-0.05, 0) is 23.7 Å². The van der Waals surface area contributed by atoms with Crippen LogP contribution in [0.4, 0.5) is 0 Å². The summed E-state index contributed by atoms with van der Waals surface area (Å²) in [4.78, 5) is 30.0. The molecule has 0 saturated carbocycles. The first kappa shape index (κ1) is 15.5. The number of para-hydroxylation sites is 1. The summed E-state index contributed by atoms with van der Waals surface area (Å²) in [5.74, 6) is -0.576. The van der Waals surface area contributed by atoms with Gasteiger partial charge in [0.2, 0.25) is 0 Å². The number of ether oxygens (including phenoxy) is 1. The van der Waals surface area contributed by atoms with Crippen LogP contribution in [0.3, 0.4) is 0 Å². The Labute approximate surface area is 137 Å². The molecule has 3 rings (SSSR count). The number of fused-ring (bicyclic) bond motifs is 3. The van der Waals surface area contributed by atoms with E-state index >= 15 is 0 Å². The van der Waals surface area contributed by atoms with E-state index in [0.717, 1.165) is 16.0 Å². The van der Waals surface area contributed by atoms with E-state index in [9.17, 15) is 9.59 Å². The van der Waals surface area contributed by atoms with Gasteiger partial charge in [0.05, 0.1) is 4.88 Å². The quantitative estimate of drug-likeness (QED) is 0.813. The number of hydrogen-bond acceptors (Lipinski definition) is 6. The zero-order chi connectivity index (χ0) is 16.6. The van der Waals surface area contributed by atoms with Crippen LogP contribution in [-0.2, 0) is 16.2 Å². The Morgan fingerprint density at radius 2 is 2.13 bits per heavy atom. The van der Waals surface area contributed by atoms with E-state index in [-0.39, 0.29) is 11.5 Å².